The smallest absolute Gasteiger partial charge is 0.274 e. The van der Waals surface area contributed by atoms with E-state index in [1.165, 1.54) is 6.20 Å². The fourth-order valence-corrected chi connectivity index (χ4v) is 2.85. The highest BCUT2D eigenvalue weighted by atomic mass is 16.2. The summed E-state index contributed by atoms with van der Waals surface area (Å²) in [7, 11) is 0. The Morgan fingerprint density at radius 3 is 2.68 bits per heavy atom. The number of likely N-dealkylation sites (tertiary alicyclic amines) is 1. The van der Waals surface area contributed by atoms with Crippen molar-refractivity contribution in [3.8, 4) is 0 Å². The maximum absolute atomic E-state index is 12.4. The van der Waals surface area contributed by atoms with Crippen LogP contribution in [0.5, 0.6) is 0 Å². The van der Waals surface area contributed by atoms with E-state index in [1.54, 1.807) is 18.7 Å². The Morgan fingerprint density at radius 2 is 2.05 bits per heavy atom. The van der Waals surface area contributed by atoms with Gasteiger partial charge in [-0.25, -0.2) is 4.98 Å². The average Bonchev–Trinajstić information content (AvgIpc) is 3.05. The van der Waals surface area contributed by atoms with Crippen LogP contribution in [0.25, 0.3) is 0 Å². The molecule has 0 atom stereocenters. The molecule has 0 unspecified atom stereocenters. The second kappa shape index (κ2) is 6.21. The van der Waals surface area contributed by atoms with Crippen LogP contribution in [0.1, 0.15) is 55.0 Å². The van der Waals surface area contributed by atoms with Gasteiger partial charge in [-0.1, -0.05) is 0 Å². The molecule has 1 fully saturated rings. The van der Waals surface area contributed by atoms with Crippen LogP contribution in [0.2, 0.25) is 0 Å². The zero-order chi connectivity index (χ0) is 15.5. The molecule has 0 spiro atoms. The van der Waals surface area contributed by atoms with Crippen LogP contribution in [0.3, 0.4) is 0 Å². The van der Waals surface area contributed by atoms with Crippen molar-refractivity contribution in [3.63, 3.8) is 0 Å². The molecule has 0 aliphatic carbocycles. The van der Waals surface area contributed by atoms with E-state index in [0.29, 0.717) is 30.7 Å². The number of nitrogens with zero attached hydrogens (tertiary/aromatic N) is 6. The first-order chi connectivity index (χ1) is 10.7. The lowest BCUT2D eigenvalue weighted by molar-refractivity contribution is 0.0703. The number of hydrogen-bond donors (Lipinski definition) is 0. The topological polar surface area (TPSA) is 76.8 Å². The minimum Gasteiger partial charge on any atom is -0.337 e. The second-order valence-corrected chi connectivity index (χ2v) is 5.85. The van der Waals surface area contributed by atoms with Crippen LogP contribution >= 0.6 is 0 Å². The van der Waals surface area contributed by atoms with E-state index in [0.717, 1.165) is 18.7 Å². The zero-order valence-electron chi connectivity index (χ0n) is 12.9. The Morgan fingerprint density at radius 1 is 1.27 bits per heavy atom. The summed E-state index contributed by atoms with van der Waals surface area (Å²) < 4.78 is 2.12. The Bertz CT molecular complexity index is 630. The molecular formula is C15H20N6O. The van der Waals surface area contributed by atoms with Crippen LogP contribution in [-0.4, -0.2) is 48.6 Å². The molecule has 22 heavy (non-hydrogen) atoms. The molecule has 2 aromatic heterocycles. The van der Waals surface area contributed by atoms with Crippen molar-refractivity contribution >= 4 is 5.91 Å². The quantitative estimate of drug-likeness (QED) is 0.861. The molecule has 3 rings (SSSR count). The van der Waals surface area contributed by atoms with Crippen LogP contribution in [0, 0.1) is 0 Å². The molecule has 1 aliphatic rings. The van der Waals surface area contributed by atoms with Crippen molar-refractivity contribution in [1.82, 2.24) is 29.6 Å². The van der Waals surface area contributed by atoms with Crippen LogP contribution in [-0.2, 0) is 0 Å². The van der Waals surface area contributed by atoms with E-state index in [4.69, 9.17) is 0 Å². The van der Waals surface area contributed by atoms with Crippen molar-refractivity contribution in [2.45, 2.75) is 38.6 Å². The third kappa shape index (κ3) is 2.84. The molecule has 3 heterocycles. The van der Waals surface area contributed by atoms with Gasteiger partial charge in [-0.15, -0.1) is 10.2 Å². The van der Waals surface area contributed by atoms with Gasteiger partial charge in [-0.3, -0.25) is 9.78 Å². The summed E-state index contributed by atoms with van der Waals surface area (Å²) in [5.41, 5.74) is 0.409. The van der Waals surface area contributed by atoms with Gasteiger partial charge in [0.15, 0.2) is 0 Å². The van der Waals surface area contributed by atoms with Gasteiger partial charge < -0.3 is 9.47 Å². The van der Waals surface area contributed by atoms with Gasteiger partial charge in [-0.05, 0) is 26.7 Å². The summed E-state index contributed by atoms with van der Waals surface area (Å²) in [6.45, 7) is 5.68. The minimum absolute atomic E-state index is 0.0446. The van der Waals surface area contributed by atoms with Gasteiger partial charge in [0.2, 0.25) is 0 Å². The summed E-state index contributed by atoms with van der Waals surface area (Å²) in [4.78, 5) is 22.2. The van der Waals surface area contributed by atoms with Crippen molar-refractivity contribution < 1.29 is 4.79 Å². The van der Waals surface area contributed by atoms with Gasteiger partial charge >= 0.3 is 0 Å². The predicted octanol–water partition coefficient (Wildman–Crippen LogP) is 1.67. The fraction of sp³-hybridized carbons (Fsp3) is 0.533. The van der Waals surface area contributed by atoms with Gasteiger partial charge in [0.1, 0.15) is 17.8 Å². The average molecular weight is 300 g/mol. The van der Waals surface area contributed by atoms with Gasteiger partial charge in [0, 0.05) is 37.4 Å². The maximum Gasteiger partial charge on any atom is 0.274 e. The molecule has 7 heteroatoms. The largest absolute Gasteiger partial charge is 0.337 e. The highest BCUT2D eigenvalue weighted by molar-refractivity contribution is 5.92. The van der Waals surface area contributed by atoms with E-state index in [1.807, 2.05) is 4.90 Å². The van der Waals surface area contributed by atoms with Crippen LogP contribution in [0.4, 0.5) is 0 Å². The molecule has 1 amide bonds. The molecule has 2 aromatic rings. The van der Waals surface area contributed by atoms with Crippen molar-refractivity contribution in [1.29, 1.82) is 0 Å². The van der Waals surface area contributed by atoms with Gasteiger partial charge in [0.25, 0.3) is 5.91 Å². The van der Waals surface area contributed by atoms with E-state index >= 15 is 0 Å². The summed E-state index contributed by atoms with van der Waals surface area (Å²) in [6, 6.07) is 0.351. The van der Waals surface area contributed by atoms with Crippen molar-refractivity contribution in [2.75, 3.05) is 13.1 Å². The first-order valence-electron chi connectivity index (χ1n) is 7.61. The summed E-state index contributed by atoms with van der Waals surface area (Å²) in [5, 5.41) is 8.31. The van der Waals surface area contributed by atoms with E-state index < -0.39 is 0 Å². The Hall–Kier alpha value is -2.31. The molecule has 0 N–H and O–H groups in total. The maximum atomic E-state index is 12.4. The molecule has 1 saturated heterocycles. The first-order valence-corrected chi connectivity index (χ1v) is 7.61. The van der Waals surface area contributed by atoms with E-state index in [9.17, 15) is 4.79 Å². The molecule has 0 radical (unpaired) electrons. The first kappa shape index (κ1) is 14.6. The standard InChI is InChI=1S/C15H20N6O/c1-11(2)21-10-18-19-14(21)12-3-7-20(8-4-12)15(22)13-9-16-5-6-17-13/h5-6,9-12H,3-4,7-8H2,1-2H3. The number of aromatic nitrogens is 5. The number of rotatable bonds is 3. The highest BCUT2D eigenvalue weighted by Crippen LogP contribution is 2.28. The summed E-state index contributed by atoms with van der Waals surface area (Å²) >= 11 is 0. The van der Waals surface area contributed by atoms with E-state index in [-0.39, 0.29) is 5.91 Å². The minimum atomic E-state index is -0.0446. The summed E-state index contributed by atoms with van der Waals surface area (Å²) in [5.74, 6) is 1.34. The lowest BCUT2D eigenvalue weighted by Gasteiger charge is -2.31. The normalized spacial score (nSPS) is 16.2. The molecule has 0 bridgehead atoms. The molecule has 116 valence electrons. The number of piperidine rings is 1. The molecule has 1 aliphatic heterocycles. The van der Waals surface area contributed by atoms with Crippen LogP contribution in [0.15, 0.2) is 24.9 Å². The Labute approximate surface area is 129 Å². The monoisotopic (exact) mass is 300 g/mol. The lowest BCUT2D eigenvalue weighted by Crippen LogP contribution is -2.38. The number of hydrogen-bond acceptors (Lipinski definition) is 5. The Balaban J connectivity index is 1.65. The van der Waals surface area contributed by atoms with Crippen molar-refractivity contribution in [2.24, 2.45) is 0 Å². The second-order valence-electron chi connectivity index (χ2n) is 5.85. The third-order valence-corrected chi connectivity index (χ3v) is 4.09. The third-order valence-electron chi connectivity index (χ3n) is 4.09. The molecule has 7 nitrogen and oxygen atoms in total. The summed E-state index contributed by atoms with van der Waals surface area (Å²) in [6.07, 6.45) is 8.22. The predicted molar refractivity (Wildman–Crippen MR) is 80.3 cm³/mol. The number of carbonyl (C=O) groups excluding carboxylic acids is 1. The van der Waals surface area contributed by atoms with Crippen molar-refractivity contribution in [3.05, 3.63) is 36.4 Å². The van der Waals surface area contributed by atoms with E-state index in [2.05, 4.69) is 38.6 Å². The SMILES string of the molecule is CC(C)n1cnnc1C1CCN(C(=O)c2cnccn2)CC1. The van der Waals surface area contributed by atoms with Gasteiger partial charge in [-0.2, -0.15) is 0 Å². The fourth-order valence-electron chi connectivity index (χ4n) is 2.85. The lowest BCUT2D eigenvalue weighted by atomic mass is 9.95. The number of amides is 1. The molecule has 0 aromatic carbocycles. The Kier molecular flexibility index (Phi) is 4.13. The molecular weight excluding hydrogens is 280 g/mol. The van der Waals surface area contributed by atoms with Crippen LogP contribution < -0.4 is 0 Å². The molecule has 0 saturated carbocycles. The van der Waals surface area contributed by atoms with Gasteiger partial charge in [0.05, 0.1) is 6.20 Å². The zero-order valence-corrected chi connectivity index (χ0v) is 12.9. The number of carbonyl (C=O) groups is 1. The highest BCUT2D eigenvalue weighted by Gasteiger charge is 2.28.